The number of rotatable bonds is 5. The summed E-state index contributed by atoms with van der Waals surface area (Å²) in [7, 11) is 3.25. The quantitative estimate of drug-likeness (QED) is 0.737. The van der Waals surface area contributed by atoms with Crippen molar-refractivity contribution < 1.29 is 23.1 Å². The van der Waals surface area contributed by atoms with Gasteiger partial charge < -0.3 is 15.3 Å². The van der Waals surface area contributed by atoms with Gasteiger partial charge in [-0.1, -0.05) is 12.1 Å². The number of aliphatic hydroxyl groups excluding tert-OH is 1. The lowest BCUT2D eigenvalue weighted by atomic mass is 10.0. The van der Waals surface area contributed by atoms with E-state index in [1.54, 1.807) is 14.1 Å². The largest absolute Gasteiger partial charge is 0.416 e. The van der Waals surface area contributed by atoms with Gasteiger partial charge in [0, 0.05) is 20.2 Å². The predicted octanol–water partition coefficient (Wildman–Crippen LogP) is 1.32. The molecular weight excluding hydrogens is 353 g/mol. The topological polar surface area (TPSA) is 98.3 Å². The van der Waals surface area contributed by atoms with Crippen LogP contribution in [0.5, 0.6) is 0 Å². The average molecular weight is 370 g/mol. The molecule has 3 N–H and O–H groups in total. The number of aromatic nitrogens is 2. The number of nitrogens with one attached hydrogen (secondary N) is 2. The van der Waals surface area contributed by atoms with Crippen LogP contribution < -0.4 is 15.8 Å². The summed E-state index contributed by atoms with van der Waals surface area (Å²) in [6.07, 6.45) is -4.48. The molecule has 0 spiro atoms. The maximum absolute atomic E-state index is 12.6. The maximum Gasteiger partial charge on any atom is 0.416 e. The molecule has 2 aromatic rings. The number of aliphatic hydroxyl groups is 1. The van der Waals surface area contributed by atoms with Crippen molar-refractivity contribution in [3.8, 4) is 0 Å². The molecule has 1 aromatic heterocycles. The zero-order valence-corrected chi connectivity index (χ0v) is 14.0. The molecule has 2 rings (SSSR count). The molecule has 26 heavy (non-hydrogen) atoms. The summed E-state index contributed by atoms with van der Waals surface area (Å²) in [5.41, 5.74) is -1.27. The molecule has 1 aromatic carbocycles. The molecule has 0 bridgehead atoms. The normalized spacial score (nSPS) is 12.5. The first-order valence-electron chi connectivity index (χ1n) is 7.49. The van der Waals surface area contributed by atoms with Crippen molar-refractivity contribution >= 4 is 11.9 Å². The van der Waals surface area contributed by atoms with E-state index in [1.165, 1.54) is 17.0 Å². The average Bonchev–Trinajstić information content (AvgIpc) is 2.58. The molecule has 0 saturated heterocycles. The van der Waals surface area contributed by atoms with Gasteiger partial charge in [0.05, 0.1) is 18.2 Å². The van der Waals surface area contributed by atoms with E-state index in [4.69, 9.17) is 0 Å². The second-order valence-electron chi connectivity index (χ2n) is 5.68. The molecule has 0 aliphatic rings. The monoisotopic (exact) mass is 370 g/mol. The summed E-state index contributed by atoms with van der Waals surface area (Å²) in [6, 6.07) is 4.10. The van der Waals surface area contributed by atoms with Gasteiger partial charge >= 0.3 is 6.18 Å². The highest BCUT2D eigenvalue weighted by atomic mass is 19.4. The summed E-state index contributed by atoms with van der Waals surface area (Å²) in [5.74, 6) is -0.573. The van der Waals surface area contributed by atoms with Crippen LogP contribution in [0.25, 0.3) is 0 Å². The van der Waals surface area contributed by atoms with Gasteiger partial charge in [0.15, 0.2) is 0 Å². The second kappa shape index (κ2) is 7.56. The first-order valence-corrected chi connectivity index (χ1v) is 7.49. The van der Waals surface area contributed by atoms with Crippen LogP contribution in [-0.4, -0.2) is 41.7 Å². The van der Waals surface area contributed by atoms with E-state index in [9.17, 15) is 27.9 Å². The van der Waals surface area contributed by atoms with Crippen LogP contribution in [0.3, 0.4) is 0 Å². The lowest BCUT2D eigenvalue weighted by Crippen LogP contribution is -2.33. The number of nitrogens with zero attached hydrogens (tertiary/aromatic N) is 2. The molecule has 1 amide bonds. The number of alkyl halides is 3. The van der Waals surface area contributed by atoms with Crippen molar-refractivity contribution in [3.63, 3.8) is 0 Å². The number of carbonyl (C=O) groups is 1. The van der Waals surface area contributed by atoms with Gasteiger partial charge in [0.2, 0.25) is 5.95 Å². The minimum atomic E-state index is -4.48. The summed E-state index contributed by atoms with van der Waals surface area (Å²) in [5, 5.41) is 11.9. The van der Waals surface area contributed by atoms with Gasteiger partial charge in [-0.05, 0) is 17.7 Å². The van der Waals surface area contributed by atoms with Crippen molar-refractivity contribution in [1.82, 2.24) is 15.3 Å². The zero-order chi connectivity index (χ0) is 19.5. The highest BCUT2D eigenvalue weighted by molar-refractivity contribution is 5.92. The van der Waals surface area contributed by atoms with E-state index in [0.29, 0.717) is 0 Å². The smallest absolute Gasteiger partial charge is 0.394 e. The Labute approximate surface area is 146 Å². The minimum Gasteiger partial charge on any atom is -0.394 e. The molecule has 0 radical (unpaired) electrons. The van der Waals surface area contributed by atoms with Crippen LogP contribution in [0.4, 0.5) is 19.1 Å². The SMILES string of the molecule is CN(C)c1nc(C(=O)NC(CO)c2ccc(C(F)(F)F)cc2)cc(=O)[nH]1. The Bertz CT molecular complexity index is 832. The number of hydrogen-bond acceptors (Lipinski definition) is 5. The van der Waals surface area contributed by atoms with E-state index in [2.05, 4.69) is 15.3 Å². The number of amides is 1. The Balaban J connectivity index is 2.22. The van der Waals surface area contributed by atoms with Crippen LogP contribution in [0.2, 0.25) is 0 Å². The lowest BCUT2D eigenvalue weighted by Gasteiger charge is -2.18. The van der Waals surface area contributed by atoms with Gasteiger partial charge in [-0.15, -0.1) is 0 Å². The van der Waals surface area contributed by atoms with Gasteiger partial charge in [-0.3, -0.25) is 14.6 Å². The first kappa shape index (κ1) is 19.4. The number of hydrogen-bond donors (Lipinski definition) is 3. The Hall–Kier alpha value is -2.88. The molecule has 140 valence electrons. The van der Waals surface area contributed by atoms with Crippen LogP contribution in [-0.2, 0) is 6.18 Å². The third-order valence-corrected chi connectivity index (χ3v) is 3.51. The maximum atomic E-state index is 12.6. The highest BCUT2D eigenvalue weighted by Crippen LogP contribution is 2.29. The number of aromatic amines is 1. The summed E-state index contributed by atoms with van der Waals surface area (Å²) in [4.78, 5) is 31.9. The molecule has 10 heteroatoms. The molecule has 1 atom stereocenters. The fourth-order valence-electron chi connectivity index (χ4n) is 2.14. The van der Waals surface area contributed by atoms with E-state index in [0.717, 1.165) is 18.2 Å². The fourth-order valence-corrected chi connectivity index (χ4v) is 2.14. The third kappa shape index (κ3) is 4.60. The van der Waals surface area contributed by atoms with Crippen molar-refractivity contribution in [2.24, 2.45) is 0 Å². The highest BCUT2D eigenvalue weighted by Gasteiger charge is 2.30. The number of H-pyrrole nitrogens is 1. The summed E-state index contributed by atoms with van der Waals surface area (Å²) >= 11 is 0. The van der Waals surface area contributed by atoms with Crippen molar-refractivity contribution in [2.45, 2.75) is 12.2 Å². The van der Waals surface area contributed by atoms with Crippen molar-refractivity contribution in [1.29, 1.82) is 0 Å². The van der Waals surface area contributed by atoms with Crippen LogP contribution >= 0.6 is 0 Å². The van der Waals surface area contributed by atoms with E-state index >= 15 is 0 Å². The third-order valence-electron chi connectivity index (χ3n) is 3.51. The second-order valence-corrected chi connectivity index (χ2v) is 5.68. The van der Waals surface area contributed by atoms with Gasteiger partial charge in [0.1, 0.15) is 5.69 Å². The molecule has 0 aliphatic carbocycles. The number of carbonyl (C=O) groups excluding carboxylic acids is 1. The molecule has 0 fully saturated rings. The Kier molecular flexibility index (Phi) is 5.66. The fraction of sp³-hybridized carbons (Fsp3) is 0.312. The zero-order valence-electron chi connectivity index (χ0n) is 14.0. The van der Waals surface area contributed by atoms with Crippen LogP contribution in [0, 0.1) is 0 Å². The molecule has 1 heterocycles. The lowest BCUT2D eigenvalue weighted by molar-refractivity contribution is -0.137. The van der Waals surface area contributed by atoms with Crippen LogP contribution in [0.15, 0.2) is 35.1 Å². The standard InChI is InChI=1S/C16H17F3N4O3/c1-23(2)15-21-11(7-13(25)22-15)14(26)20-12(8-24)9-3-5-10(6-4-9)16(17,18)19/h3-7,12,24H,8H2,1-2H3,(H,20,26)(H,21,22,25). The van der Waals surface area contributed by atoms with E-state index in [1.807, 2.05) is 0 Å². The van der Waals surface area contributed by atoms with Gasteiger partial charge in [-0.25, -0.2) is 4.98 Å². The van der Waals surface area contributed by atoms with Gasteiger partial charge in [0.25, 0.3) is 11.5 Å². The predicted molar refractivity (Wildman–Crippen MR) is 87.9 cm³/mol. The number of benzene rings is 1. The molecular formula is C16H17F3N4O3. The Morgan fingerprint density at radius 1 is 1.31 bits per heavy atom. The number of halogens is 3. The Morgan fingerprint density at radius 2 is 1.92 bits per heavy atom. The van der Waals surface area contributed by atoms with Crippen molar-refractivity contribution in [3.05, 3.63) is 57.5 Å². The Morgan fingerprint density at radius 3 is 2.42 bits per heavy atom. The minimum absolute atomic E-state index is 0.165. The molecule has 0 saturated carbocycles. The molecule has 7 nitrogen and oxygen atoms in total. The summed E-state index contributed by atoms with van der Waals surface area (Å²) in [6.45, 7) is -0.541. The molecule has 1 unspecified atom stereocenters. The van der Waals surface area contributed by atoms with Crippen LogP contribution in [0.1, 0.15) is 27.7 Å². The van der Waals surface area contributed by atoms with Crippen molar-refractivity contribution in [2.75, 3.05) is 25.6 Å². The molecule has 0 aliphatic heterocycles. The van der Waals surface area contributed by atoms with E-state index < -0.39 is 35.9 Å². The van der Waals surface area contributed by atoms with E-state index in [-0.39, 0.29) is 17.2 Å². The summed E-state index contributed by atoms with van der Waals surface area (Å²) < 4.78 is 37.8. The number of anilines is 1. The van der Waals surface area contributed by atoms with Gasteiger partial charge in [-0.2, -0.15) is 13.2 Å². The first-order chi connectivity index (χ1) is 12.1.